The number of hydroxylamine groups is 1. The largest absolute Gasteiger partial charge is 0.454 e. The SMILES string of the molecule is COCCONCC(O)c1ccc2c(c1)OCO2. The first-order valence-corrected chi connectivity index (χ1v) is 5.72. The highest BCUT2D eigenvalue weighted by atomic mass is 16.7. The van der Waals surface area contributed by atoms with Gasteiger partial charge in [0.15, 0.2) is 11.5 Å². The molecule has 100 valence electrons. The number of benzene rings is 1. The Morgan fingerprint density at radius 3 is 3.00 bits per heavy atom. The lowest BCUT2D eigenvalue weighted by Crippen LogP contribution is -2.23. The summed E-state index contributed by atoms with van der Waals surface area (Å²) in [6, 6.07) is 5.35. The first-order chi connectivity index (χ1) is 8.81. The van der Waals surface area contributed by atoms with Gasteiger partial charge in [0, 0.05) is 7.11 Å². The van der Waals surface area contributed by atoms with Gasteiger partial charge in [-0.25, -0.2) is 0 Å². The predicted molar refractivity (Wildman–Crippen MR) is 63.4 cm³/mol. The van der Waals surface area contributed by atoms with Gasteiger partial charge in [0.25, 0.3) is 0 Å². The average Bonchev–Trinajstić information content (AvgIpc) is 2.85. The van der Waals surface area contributed by atoms with E-state index in [1.54, 1.807) is 25.3 Å². The van der Waals surface area contributed by atoms with Gasteiger partial charge in [0.2, 0.25) is 6.79 Å². The lowest BCUT2D eigenvalue weighted by molar-refractivity contribution is -0.0112. The highest BCUT2D eigenvalue weighted by Crippen LogP contribution is 2.33. The lowest BCUT2D eigenvalue weighted by atomic mass is 10.1. The molecule has 1 aromatic carbocycles. The van der Waals surface area contributed by atoms with Crippen LogP contribution < -0.4 is 15.0 Å². The molecule has 1 aliphatic heterocycles. The number of aliphatic hydroxyl groups excluding tert-OH is 1. The molecule has 0 amide bonds. The second-order valence-electron chi connectivity index (χ2n) is 3.82. The van der Waals surface area contributed by atoms with Crippen molar-refractivity contribution in [1.29, 1.82) is 0 Å². The maximum absolute atomic E-state index is 9.94. The molecular formula is C12H17NO5. The minimum Gasteiger partial charge on any atom is -0.454 e. The van der Waals surface area contributed by atoms with E-state index < -0.39 is 6.10 Å². The van der Waals surface area contributed by atoms with Gasteiger partial charge < -0.3 is 19.3 Å². The fourth-order valence-corrected chi connectivity index (χ4v) is 1.57. The number of hydrogen-bond donors (Lipinski definition) is 2. The van der Waals surface area contributed by atoms with Gasteiger partial charge in [-0.1, -0.05) is 6.07 Å². The monoisotopic (exact) mass is 255 g/mol. The number of nitrogens with one attached hydrogen (secondary N) is 1. The molecule has 1 aromatic rings. The van der Waals surface area contributed by atoms with Crippen LogP contribution in [0.3, 0.4) is 0 Å². The molecule has 0 saturated carbocycles. The minimum absolute atomic E-state index is 0.229. The second kappa shape index (κ2) is 6.55. The molecule has 2 N–H and O–H groups in total. The van der Waals surface area contributed by atoms with Crippen LogP contribution >= 0.6 is 0 Å². The summed E-state index contributed by atoms with van der Waals surface area (Å²) in [4.78, 5) is 5.07. The molecule has 0 spiro atoms. The molecule has 6 nitrogen and oxygen atoms in total. The van der Waals surface area contributed by atoms with Gasteiger partial charge >= 0.3 is 0 Å². The molecule has 1 unspecified atom stereocenters. The van der Waals surface area contributed by atoms with Crippen LogP contribution in [0.2, 0.25) is 0 Å². The molecule has 0 aromatic heterocycles. The van der Waals surface area contributed by atoms with Gasteiger partial charge in [-0.3, -0.25) is 4.84 Å². The van der Waals surface area contributed by atoms with E-state index in [1.807, 2.05) is 0 Å². The molecule has 0 saturated heterocycles. The zero-order chi connectivity index (χ0) is 12.8. The molecule has 1 heterocycles. The van der Waals surface area contributed by atoms with Crippen LogP contribution in [0.25, 0.3) is 0 Å². The number of fused-ring (bicyclic) bond motifs is 1. The van der Waals surface area contributed by atoms with Crippen molar-refractivity contribution in [3.63, 3.8) is 0 Å². The van der Waals surface area contributed by atoms with Crippen LogP contribution in [0, 0.1) is 0 Å². The van der Waals surface area contributed by atoms with Crippen molar-refractivity contribution >= 4 is 0 Å². The molecule has 0 aliphatic carbocycles. The standard InChI is InChI=1S/C12H17NO5/c1-15-4-5-18-13-7-10(14)9-2-3-11-12(6-9)17-8-16-11/h2-3,6,10,13-14H,4-5,7-8H2,1H3. The van der Waals surface area contributed by atoms with Gasteiger partial charge in [0.05, 0.1) is 25.9 Å². The van der Waals surface area contributed by atoms with Crippen LogP contribution in [-0.4, -0.2) is 38.8 Å². The molecular weight excluding hydrogens is 238 g/mol. The Hall–Kier alpha value is -1.34. The molecule has 6 heteroatoms. The fourth-order valence-electron chi connectivity index (χ4n) is 1.57. The molecule has 0 fully saturated rings. The van der Waals surface area contributed by atoms with Gasteiger partial charge in [-0.15, -0.1) is 0 Å². The molecule has 0 bridgehead atoms. The van der Waals surface area contributed by atoms with E-state index in [9.17, 15) is 5.11 Å². The van der Waals surface area contributed by atoms with Crippen LogP contribution in [0.5, 0.6) is 11.5 Å². The van der Waals surface area contributed by atoms with E-state index in [4.69, 9.17) is 19.0 Å². The van der Waals surface area contributed by atoms with Crippen LogP contribution in [-0.2, 0) is 9.57 Å². The van der Waals surface area contributed by atoms with Crippen molar-refractivity contribution < 1.29 is 24.2 Å². The van der Waals surface area contributed by atoms with Gasteiger partial charge in [-0.2, -0.15) is 5.48 Å². The van der Waals surface area contributed by atoms with Crippen molar-refractivity contribution in [3.8, 4) is 11.5 Å². The van der Waals surface area contributed by atoms with Crippen LogP contribution in [0.15, 0.2) is 18.2 Å². The van der Waals surface area contributed by atoms with E-state index in [-0.39, 0.29) is 6.79 Å². The van der Waals surface area contributed by atoms with Crippen molar-refractivity contribution in [2.75, 3.05) is 33.7 Å². The molecule has 1 atom stereocenters. The summed E-state index contributed by atoms with van der Waals surface area (Å²) in [5, 5.41) is 9.94. The summed E-state index contributed by atoms with van der Waals surface area (Å²) in [6.07, 6.45) is -0.665. The van der Waals surface area contributed by atoms with E-state index in [1.165, 1.54) is 0 Å². The molecule has 0 radical (unpaired) electrons. The van der Waals surface area contributed by atoms with Crippen LogP contribution in [0.4, 0.5) is 0 Å². The average molecular weight is 255 g/mol. The summed E-state index contributed by atoms with van der Waals surface area (Å²) >= 11 is 0. The lowest BCUT2D eigenvalue weighted by Gasteiger charge is -2.12. The van der Waals surface area contributed by atoms with Crippen molar-refractivity contribution in [1.82, 2.24) is 5.48 Å². The summed E-state index contributed by atoms with van der Waals surface area (Å²) in [6.45, 7) is 1.47. The van der Waals surface area contributed by atoms with Gasteiger partial charge in [-0.05, 0) is 17.7 Å². The Bertz CT molecular complexity index is 385. The third-order valence-electron chi connectivity index (χ3n) is 2.55. The fraction of sp³-hybridized carbons (Fsp3) is 0.500. The third kappa shape index (κ3) is 3.33. The highest BCUT2D eigenvalue weighted by molar-refractivity contribution is 5.45. The second-order valence-corrected chi connectivity index (χ2v) is 3.82. The Morgan fingerprint density at radius 2 is 2.17 bits per heavy atom. The number of aliphatic hydroxyl groups is 1. The molecule has 1 aliphatic rings. The predicted octanol–water partition coefficient (Wildman–Crippen LogP) is 0.616. The number of methoxy groups -OCH3 is 1. The van der Waals surface area contributed by atoms with E-state index in [2.05, 4.69) is 5.48 Å². The first-order valence-electron chi connectivity index (χ1n) is 5.72. The number of ether oxygens (including phenoxy) is 3. The van der Waals surface area contributed by atoms with Crippen molar-refractivity contribution in [2.45, 2.75) is 6.10 Å². The Morgan fingerprint density at radius 1 is 1.33 bits per heavy atom. The smallest absolute Gasteiger partial charge is 0.231 e. The zero-order valence-electron chi connectivity index (χ0n) is 10.2. The Balaban J connectivity index is 1.80. The summed E-state index contributed by atoms with van der Waals surface area (Å²) in [5.74, 6) is 1.36. The Kier molecular flexibility index (Phi) is 4.77. The van der Waals surface area contributed by atoms with Gasteiger partial charge in [0.1, 0.15) is 0 Å². The minimum atomic E-state index is -0.665. The molecule has 2 rings (SSSR count). The zero-order valence-corrected chi connectivity index (χ0v) is 10.2. The first kappa shape index (κ1) is 13.1. The van der Waals surface area contributed by atoms with E-state index in [0.717, 1.165) is 5.56 Å². The third-order valence-corrected chi connectivity index (χ3v) is 2.55. The maximum Gasteiger partial charge on any atom is 0.231 e. The number of hydrogen-bond acceptors (Lipinski definition) is 6. The summed E-state index contributed by atoms with van der Waals surface area (Å²) in [7, 11) is 1.60. The van der Waals surface area contributed by atoms with E-state index >= 15 is 0 Å². The topological polar surface area (TPSA) is 69.2 Å². The maximum atomic E-state index is 9.94. The highest BCUT2D eigenvalue weighted by Gasteiger charge is 2.16. The summed E-state index contributed by atoms with van der Waals surface area (Å²) in [5.41, 5.74) is 3.44. The van der Waals surface area contributed by atoms with E-state index in [0.29, 0.717) is 31.3 Å². The number of rotatable bonds is 7. The summed E-state index contributed by atoms with van der Waals surface area (Å²) < 4.78 is 15.3. The van der Waals surface area contributed by atoms with Crippen molar-refractivity contribution in [2.24, 2.45) is 0 Å². The Labute approximate surface area is 105 Å². The van der Waals surface area contributed by atoms with Crippen molar-refractivity contribution in [3.05, 3.63) is 23.8 Å². The quantitative estimate of drug-likeness (QED) is 0.550. The molecule has 18 heavy (non-hydrogen) atoms. The normalized spacial score (nSPS) is 14.8. The van der Waals surface area contributed by atoms with Crippen LogP contribution in [0.1, 0.15) is 11.7 Å².